The van der Waals surface area contributed by atoms with E-state index in [0.717, 1.165) is 70.6 Å². The van der Waals surface area contributed by atoms with Gasteiger partial charge >= 0.3 is 17.9 Å². The number of quaternary nitrogens is 1. The first kappa shape index (κ1) is 73.2. The van der Waals surface area contributed by atoms with E-state index in [1.807, 2.05) is 21.1 Å². The van der Waals surface area contributed by atoms with Crippen LogP contribution in [0.2, 0.25) is 0 Å². The highest BCUT2D eigenvalue weighted by molar-refractivity contribution is 5.71. The maximum atomic E-state index is 12.9. The predicted molar refractivity (Wildman–Crippen MR) is 323 cm³/mol. The third-order valence-corrected chi connectivity index (χ3v) is 14.3. The summed E-state index contributed by atoms with van der Waals surface area (Å²) in [6.45, 7) is 4.87. The molecule has 0 aromatic rings. The van der Waals surface area contributed by atoms with Crippen molar-refractivity contribution < 1.29 is 42.9 Å². The summed E-state index contributed by atoms with van der Waals surface area (Å²) in [7, 11) is 5.97. The third-order valence-electron chi connectivity index (χ3n) is 14.3. The first-order valence-corrected chi connectivity index (χ1v) is 32.3. The lowest BCUT2D eigenvalue weighted by molar-refractivity contribution is -0.870. The van der Waals surface area contributed by atoms with E-state index < -0.39 is 24.3 Å². The van der Waals surface area contributed by atoms with Gasteiger partial charge in [-0.3, -0.25) is 9.59 Å². The van der Waals surface area contributed by atoms with E-state index in [2.05, 4.69) is 62.5 Å². The summed E-state index contributed by atoms with van der Waals surface area (Å²) in [4.78, 5) is 37.4. The van der Waals surface area contributed by atoms with Crippen LogP contribution in [0.5, 0.6) is 0 Å². The molecule has 0 aromatic heterocycles. The Morgan fingerprint density at radius 1 is 0.395 bits per heavy atom. The van der Waals surface area contributed by atoms with E-state index in [-0.39, 0.29) is 38.6 Å². The Morgan fingerprint density at radius 3 is 1.05 bits per heavy atom. The number of esters is 2. The van der Waals surface area contributed by atoms with Gasteiger partial charge in [-0.05, 0) is 77.0 Å². The van der Waals surface area contributed by atoms with Gasteiger partial charge in [0, 0.05) is 12.8 Å². The summed E-state index contributed by atoms with van der Waals surface area (Å²) >= 11 is 0. The number of ether oxygens (including phenoxy) is 4. The summed E-state index contributed by atoms with van der Waals surface area (Å²) in [6, 6.07) is 0. The van der Waals surface area contributed by atoms with Gasteiger partial charge in [0.25, 0.3) is 6.29 Å². The van der Waals surface area contributed by atoms with Crippen LogP contribution in [-0.2, 0) is 33.3 Å². The highest BCUT2D eigenvalue weighted by Crippen LogP contribution is 2.17. The summed E-state index contributed by atoms with van der Waals surface area (Å²) in [6.07, 6.45) is 70.8. The van der Waals surface area contributed by atoms with Crippen molar-refractivity contribution in [2.45, 2.75) is 315 Å². The maximum absolute atomic E-state index is 12.9. The fourth-order valence-corrected chi connectivity index (χ4v) is 9.31. The number of aliphatic carboxylic acids is 1. The fourth-order valence-electron chi connectivity index (χ4n) is 9.31. The molecule has 0 spiro atoms. The number of carboxylic acid groups (broad SMARTS) is 1. The van der Waals surface area contributed by atoms with Crippen molar-refractivity contribution in [2.75, 3.05) is 47.5 Å². The third kappa shape index (κ3) is 58.9. The van der Waals surface area contributed by atoms with Crippen LogP contribution in [-0.4, -0.2) is 87.4 Å². The average molecular weight is 1070 g/mol. The molecule has 0 amide bonds. The van der Waals surface area contributed by atoms with E-state index >= 15 is 0 Å². The molecule has 9 nitrogen and oxygen atoms in total. The summed E-state index contributed by atoms with van der Waals surface area (Å²) < 4.78 is 22.9. The second-order valence-corrected chi connectivity index (χ2v) is 23.1. The van der Waals surface area contributed by atoms with Crippen LogP contribution in [0.1, 0.15) is 303 Å². The predicted octanol–water partition coefficient (Wildman–Crippen LogP) is 19.4. The molecule has 76 heavy (non-hydrogen) atoms. The van der Waals surface area contributed by atoms with E-state index in [9.17, 15) is 19.5 Å². The highest BCUT2D eigenvalue weighted by Gasteiger charge is 2.25. The molecule has 0 heterocycles. The molecule has 0 saturated heterocycles. The Bertz CT molecular complexity index is 1380. The number of carbonyl (C=O) groups is 3. The number of hydrogen-bond acceptors (Lipinski definition) is 7. The van der Waals surface area contributed by atoms with Crippen LogP contribution in [0.25, 0.3) is 0 Å². The number of likely N-dealkylation sites (N-methyl/N-ethyl adjacent to an activating group) is 1. The lowest BCUT2D eigenvalue weighted by atomic mass is 10.0. The van der Waals surface area contributed by atoms with Crippen molar-refractivity contribution in [3.63, 3.8) is 0 Å². The minimum Gasteiger partial charge on any atom is -0.477 e. The lowest BCUT2D eigenvalue weighted by Crippen LogP contribution is -2.40. The normalized spacial score (nSPS) is 13.0. The van der Waals surface area contributed by atoms with Gasteiger partial charge in [0.2, 0.25) is 0 Å². The van der Waals surface area contributed by atoms with E-state index in [4.69, 9.17) is 18.9 Å². The molecule has 1 N–H and O–H groups in total. The molecule has 0 aromatic carbocycles. The van der Waals surface area contributed by atoms with E-state index in [1.54, 1.807) is 0 Å². The Kier molecular flexibility index (Phi) is 56.3. The molecule has 0 radical (unpaired) electrons. The first-order chi connectivity index (χ1) is 37.1. The smallest absolute Gasteiger partial charge is 0.361 e. The van der Waals surface area contributed by atoms with Gasteiger partial charge < -0.3 is 28.5 Å². The zero-order valence-electron chi connectivity index (χ0n) is 50.7. The number of carboxylic acids is 1. The molecule has 0 bridgehead atoms. The Balaban J connectivity index is 4.04. The van der Waals surface area contributed by atoms with Crippen LogP contribution in [0.4, 0.5) is 0 Å². The summed E-state index contributed by atoms with van der Waals surface area (Å²) in [5.74, 6) is -2.01. The highest BCUT2D eigenvalue weighted by atomic mass is 16.7. The minimum absolute atomic E-state index is 0.186. The molecule has 0 fully saturated rings. The number of carbonyl (C=O) groups excluding carboxylic acids is 2. The average Bonchev–Trinajstić information content (AvgIpc) is 3.39. The standard InChI is InChI=1S/C67H123NO8/c1-6-8-10-12-14-16-18-20-22-24-25-26-27-28-29-30-31-32-33-34-35-36-37-38-39-40-41-42-44-46-48-50-52-54-56-58-65(70)76-63(62-75-67(66(71)72)73-60-59-68(3,4)5)61-74-64(69)57-55-53-51-49-47-45-43-23-21-19-17-15-13-11-9-7-2/h17-20,23-25,43,63,67H,6-16,21-22,26-42,44-62H2,1-5H3/p+1/b19-17-,20-18-,25-24-,43-23-. The Labute approximate surface area is 470 Å². The van der Waals surface area contributed by atoms with Crippen molar-refractivity contribution in [3.8, 4) is 0 Å². The van der Waals surface area contributed by atoms with Gasteiger partial charge in [0.1, 0.15) is 13.2 Å². The summed E-state index contributed by atoms with van der Waals surface area (Å²) in [5, 5.41) is 9.71. The zero-order chi connectivity index (χ0) is 55.5. The van der Waals surface area contributed by atoms with E-state index in [1.165, 1.54) is 205 Å². The van der Waals surface area contributed by atoms with Crippen LogP contribution < -0.4 is 0 Å². The maximum Gasteiger partial charge on any atom is 0.361 e. The van der Waals surface area contributed by atoms with Gasteiger partial charge in [0.15, 0.2) is 6.10 Å². The first-order valence-electron chi connectivity index (χ1n) is 32.3. The molecule has 0 aliphatic carbocycles. The second-order valence-electron chi connectivity index (χ2n) is 23.1. The van der Waals surface area contributed by atoms with Crippen LogP contribution >= 0.6 is 0 Å². The number of allylic oxidation sites excluding steroid dienone is 8. The van der Waals surface area contributed by atoms with Crippen molar-refractivity contribution in [3.05, 3.63) is 48.6 Å². The quantitative estimate of drug-likeness (QED) is 0.0211. The van der Waals surface area contributed by atoms with Crippen molar-refractivity contribution in [2.24, 2.45) is 0 Å². The number of unbranched alkanes of at least 4 members (excludes halogenated alkanes) is 37. The Morgan fingerprint density at radius 2 is 0.711 bits per heavy atom. The molecule has 444 valence electrons. The van der Waals surface area contributed by atoms with Crippen LogP contribution in [0, 0.1) is 0 Å². The molecule has 0 rings (SSSR count). The monoisotopic (exact) mass is 1070 g/mol. The lowest BCUT2D eigenvalue weighted by Gasteiger charge is -2.25. The van der Waals surface area contributed by atoms with Gasteiger partial charge in [0.05, 0.1) is 34.4 Å². The largest absolute Gasteiger partial charge is 0.477 e. The molecule has 2 unspecified atom stereocenters. The van der Waals surface area contributed by atoms with Gasteiger partial charge in [-0.25, -0.2) is 4.79 Å². The van der Waals surface area contributed by atoms with Crippen molar-refractivity contribution in [1.82, 2.24) is 0 Å². The molecular formula is C67H124NO8+. The van der Waals surface area contributed by atoms with Crippen LogP contribution in [0.3, 0.4) is 0 Å². The van der Waals surface area contributed by atoms with Gasteiger partial charge in [-0.15, -0.1) is 0 Å². The topological polar surface area (TPSA) is 108 Å². The molecule has 0 saturated carbocycles. The van der Waals surface area contributed by atoms with E-state index in [0.29, 0.717) is 11.0 Å². The second kappa shape index (κ2) is 58.4. The number of rotatable bonds is 60. The SMILES string of the molecule is CCCCCC/C=C\C/C=C\CCCCCCCC(=O)OCC(COC(OCC[N+](C)(C)C)C(=O)O)OC(=O)CCCCCCCCCCCCCCCCCCCCCCCCC/C=C\C/C=C\CCCCCCC. The fraction of sp³-hybridized carbons (Fsp3) is 0.836. The minimum atomic E-state index is -1.51. The molecule has 9 heteroatoms. The number of hydrogen-bond donors (Lipinski definition) is 1. The Hall–Kier alpha value is -2.75. The molecule has 0 aliphatic heterocycles. The molecule has 2 atom stereocenters. The number of nitrogens with zero attached hydrogens (tertiary/aromatic N) is 1. The molecular weight excluding hydrogens is 947 g/mol. The van der Waals surface area contributed by atoms with Crippen molar-refractivity contribution in [1.29, 1.82) is 0 Å². The summed E-state index contributed by atoms with van der Waals surface area (Å²) in [5.41, 5.74) is 0. The zero-order valence-corrected chi connectivity index (χ0v) is 50.7. The van der Waals surface area contributed by atoms with Crippen LogP contribution in [0.15, 0.2) is 48.6 Å². The molecule has 0 aliphatic rings. The van der Waals surface area contributed by atoms with Gasteiger partial charge in [-0.1, -0.05) is 262 Å². The van der Waals surface area contributed by atoms with Crippen molar-refractivity contribution >= 4 is 17.9 Å². The van der Waals surface area contributed by atoms with Gasteiger partial charge in [-0.2, -0.15) is 0 Å².